The van der Waals surface area contributed by atoms with Crippen LogP contribution in [0.25, 0.3) is 0 Å². The second-order valence-electron chi connectivity index (χ2n) is 6.79. The van der Waals surface area contributed by atoms with Crippen molar-refractivity contribution in [2.24, 2.45) is 0 Å². The van der Waals surface area contributed by atoms with Gasteiger partial charge in [-0.15, -0.1) is 18.0 Å². The third-order valence-corrected chi connectivity index (χ3v) is 6.65. The first kappa shape index (κ1) is 28.2. The van der Waals surface area contributed by atoms with Crippen LogP contribution in [-0.2, 0) is 9.59 Å². The molecule has 0 aromatic rings. The van der Waals surface area contributed by atoms with Gasteiger partial charge in [-0.2, -0.15) is 11.8 Å². The number of hydrogen-bond acceptors (Lipinski definition) is 5. The summed E-state index contributed by atoms with van der Waals surface area (Å²) in [6.07, 6.45) is 11.0. The Bertz CT molecular complexity index is 478. The summed E-state index contributed by atoms with van der Waals surface area (Å²) in [6, 6.07) is 0. The van der Waals surface area contributed by atoms with Gasteiger partial charge in [-0.05, 0) is 36.5 Å². The van der Waals surface area contributed by atoms with Crippen LogP contribution in [0.3, 0.4) is 0 Å². The van der Waals surface area contributed by atoms with Crippen molar-refractivity contribution in [1.82, 2.24) is 10.0 Å². The van der Waals surface area contributed by atoms with E-state index in [0.29, 0.717) is 18.7 Å². The zero-order valence-corrected chi connectivity index (χ0v) is 21.5. The van der Waals surface area contributed by atoms with E-state index in [2.05, 4.69) is 13.8 Å². The standard InChI is InChI=1S/C20H36N2O3S2.Na/c1-3-5-7-9-13-26-15-11-12-21-19(24)18(16-23)20(25)22(21)17-27-14-10-8-6-4-2;/h16,23H,3-15,17H2,1-2H3;/q;+1/p-1/b18-16+;. The van der Waals surface area contributed by atoms with Gasteiger partial charge in [0.15, 0.2) is 0 Å². The number of hydrazine groups is 1. The van der Waals surface area contributed by atoms with Gasteiger partial charge < -0.3 is 5.11 Å². The number of amides is 2. The number of unbranched alkanes of at least 4 members (excludes halogenated alkanes) is 6. The molecule has 1 saturated heterocycles. The largest absolute Gasteiger partial charge is 1.00 e. The first-order chi connectivity index (χ1) is 13.2. The van der Waals surface area contributed by atoms with Crippen LogP contribution >= 0.6 is 23.5 Å². The van der Waals surface area contributed by atoms with Gasteiger partial charge in [-0.1, -0.05) is 52.4 Å². The molecule has 156 valence electrons. The molecule has 1 heterocycles. The fraction of sp³-hybridized carbons (Fsp3) is 0.800. The molecular formula is C20H35N2NaO3S2. The predicted octanol–water partition coefficient (Wildman–Crippen LogP) is 0.795. The molecule has 28 heavy (non-hydrogen) atoms. The molecule has 0 atom stereocenters. The van der Waals surface area contributed by atoms with Crippen LogP contribution in [0.15, 0.2) is 11.8 Å². The Labute approximate surface area is 201 Å². The minimum absolute atomic E-state index is 0. The molecule has 1 aliphatic heterocycles. The number of thioether (sulfide) groups is 2. The van der Waals surface area contributed by atoms with Gasteiger partial charge >= 0.3 is 29.6 Å². The number of nitrogens with zero attached hydrogens (tertiary/aromatic N) is 2. The minimum Gasteiger partial charge on any atom is -0.877 e. The molecule has 0 N–H and O–H groups in total. The number of carbonyl (C=O) groups is 2. The molecule has 0 aliphatic carbocycles. The molecule has 1 rings (SSSR count). The van der Waals surface area contributed by atoms with Crippen molar-refractivity contribution in [3.8, 4) is 0 Å². The number of rotatable bonds is 16. The van der Waals surface area contributed by atoms with E-state index < -0.39 is 11.8 Å². The molecule has 0 aromatic heterocycles. The van der Waals surface area contributed by atoms with Crippen molar-refractivity contribution in [2.75, 3.05) is 29.7 Å². The molecule has 1 fully saturated rings. The summed E-state index contributed by atoms with van der Waals surface area (Å²) in [5.41, 5.74) is -0.228. The van der Waals surface area contributed by atoms with Gasteiger partial charge in [0, 0.05) is 6.54 Å². The van der Waals surface area contributed by atoms with Gasteiger partial charge in [0.05, 0.1) is 11.4 Å². The van der Waals surface area contributed by atoms with Crippen molar-refractivity contribution in [2.45, 2.75) is 71.6 Å². The van der Waals surface area contributed by atoms with E-state index in [4.69, 9.17) is 0 Å². The molecule has 8 heteroatoms. The topological polar surface area (TPSA) is 63.7 Å². The minimum atomic E-state index is -0.441. The smallest absolute Gasteiger partial charge is 0.877 e. The van der Waals surface area contributed by atoms with E-state index >= 15 is 0 Å². The summed E-state index contributed by atoms with van der Waals surface area (Å²) in [4.78, 5) is 24.7. The monoisotopic (exact) mass is 438 g/mol. The molecule has 1 aliphatic rings. The maximum absolute atomic E-state index is 12.3. The van der Waals surface area contributed by atoms with Crippen molar-refractivity contribution in [3.05, 3.63) is 11.8 Å². The Kier molecular flexibility index (Phi) is 18.1. The molecule has 5 nitrogen and oxygen atoms in total. The summed E-state index contributed by atoms with van der Waals surface area (Å²) in [6.45, 7) is 4.89. The first-order valence-corrected chi connectivity index (χ1v) is 12.6. The van der Waals surface area contributed by atoms with Crippen LogP contribution < -0.4 is 34.7 Å². The quantitative estimate of drug-likeness (QED) is 0.117. The van der Waals surface area contributed by atoms with Gasteiger partial charge in [0.25, 0.3) is 11.8 Å². The second-order valence-corrected chi connectivity index (χ2v) is 9.09. The van der Waals surface area contributed by atoms with Crippen LogP contribution in [0.2, 0.25) is 0 Å². The Morgan fingerprint density at radius 2 is 1.32 bits per heavy atom. The van der Waals surface area contributed by atoms with Crippen molar-refractivity contribution in [3.63, 3.8) is 0 Å². The zero-order valence-electron chi connectivity index (χ0n) is 17.9. The predicted molar refractivity (Wildman–Crippen MR) is 114 cm³/mol. The van der Waals surface area contributed by atoms with E-state index in [0.717, 1.165) is 30.1 Å². The first-order valence-electron chi connectivity index (χ1n) is 10.3. The van der Waals surface area contributed by atoms with E-state index in [1.54, 1.807) is 11.8 Å². The summed E-state index contributed by atoms with van der Waals surface area (Å²) >= 11 is 3.56. The van der Waals surface area contributed by atoms with Gasteiger partial charge in [0.1, 0.15) is 0 Å². The molecule has 0 spiro atoms. The molecule has 0 unspecified atom stereocenters. The summed E-state index contributed by atoms with van der Waals surface area (Å²) < 4.78 is 0. The maximum atomic E-state index is 12.3. The van der Waals surface area contributed by atoms with Gasteiger partial charge in [-0.3, -0.25) is 9.59 Å². The van der Waals surface area contributed by atoms with Gasteiger partial charge in [-0.25, -0.2) is 10.0 Å². The second kappa shape index (κ2) is 18.0. The maximum Gasteiger partial charge on any atom is 1.00 e. The Morgan fingerprint density at radius 3 is 1.89 bits per heavy atom. The zero-order chi connectivity index (χ0) is 19.9. The Balaban J connectivity index is 0.00000729. The molecule has 2 amide bonds. The van der Waals surface area contributed by atoms with Crippen molar-refractivity contribution >= 4 is 35.3 Å². The summed E-state index contributed by atoms with van der Waals surface area (Å²) in [5, 5.41) is 14.1. The van der Waals surface area contributed by atoms with Crippen LogP contribution in [0.1, 0.15) is 71.6 Å². The van der Waals surface area contributed by atoms with Gasteiger partial charge in [0.2, 0.25) is 0 Å². The molecule has 0 radical (unpaired) electrons. The molecule has 0 bridgehead atoms. The van der Waals surface area contributed by atoms with E-state index in [1.165, 1.54) is 55.0 Å². The van der Waals surface area contributed by atoms with Crippen molar-refractivity contribution in [1.29, 1.82) is 0 Å². The fourth-order valence-electron chi connectivity index (χ4n) is 2.87. The normalized spacial score (nSPS) is 15.6. The van der Waals surface area contributed by atoms with E-state index in [-0.39, 0.29) is 35.1 Å². The third-order valence-electron chi connectivity index (χ3n) is 4.50. The Morgan fingerprint density at radius 1 is 0.786 bits per heavy atom. The van der Waals surface area contributed by atoms with Crippen LogP contribution in [0.4, 0.5) is 0 Å². The average Bonchev–Trinajstić information content (AvgIpc) is 2.89. The molecular weight excluding hydrogens is 403 g/mol. The number of carbonyl (C=O) groups excluding carboxylic acids is 2. The molecule has 0 aromatic carbocycles. The van der Waals surface area contributed by atoms with Crippen LogP contribution in [0.5, 0.6) is 0 Å². The average molecular weight is 439 g/mol. The van der Waals surface area contributed by atoms with E-state index in [1.807, 2.05) is 11.8 Å². The summed E-state index contributed by atoms with van der Waals surface area (Å²) in [7, 11) is 0. The van der Waals surface area contributed by atoms with E-state index in [9.17, 15) is 14.7 Å². The Hall–Kier alpha value is 0.180. The summed E-state index contributed by atoms with van der Waals surface area (Å²) in [5.74, 6) is 2.65. The third kappa shape index (κ3) is 10.3. The fourth-order valence-corrected chi connectivity index (χ4v) is 4.78. The number of hydrogen-bond donors (Lipinski definition) is 0. The van der Waals surface area contributed by atoms with Crippen LogP contribution in [0, 0.1) is 0 Å². The molecule has 0 saturated carbocycles. The SMILES string of the molecule is CCCCCCSCCCN1C(=O)/C(=C\[O-])C(=O)N1CSCCCCCC.[Na+]. The van der Waals surface area contributed by atoms with Crippen LogP contribution in [-0.4, -0.2) is 51.5 Å². The van der Waals surface area contributed by atoms with Crippen molar-refractivity contribution < 1.29 is 44.3 Å².